The number of hydrogen-bond donors (Lipinski definition) is 0. The summed E-state index contributed by atoms with van der Waals surface area (Å²) in [5.74, 6) is -0.377. The molecule has 0 aliphatic rings. The molecule has 0 unspecified atom stereocenters. The standard InChI is InChI=1S/C7H12FN/c1-4-9-7(8)5-6(2)3/h5H,4H2,1-3H3/b9-7+. The second-order valence-corrected chi connectivity index (χ2v) is 2.02. The summed E-state index contributed by atoms with van der Waals surface area (Å²) in [5.41, 5.74) is 0.935. The SMILES string of the molecule is CC/N=C(/F)C=C(C)C. The maximum Gasteiger partial charge on any atom is 0.208 e. The molecule has 0 spiro atoms. The fourth-order valence-electron chi connectivity index (χ4n) is 0.435. The van der Waals surface area contributed by atoms with Crippen LogP contribution >= 0.6 is 0 Å². The van der Waals surface area contributed by atoms with Crippen molar-refractivity contribution >= 4 is 5.97 Å². The Bertz CT molecular complexity index is 132. The van der Waals surface area contributed by atoms with Gasteiger partial charge in [-0.3, -0.25) is 4.99 Å². The number of hydrogen-bond acceptors (Lipinski definition) is 1. The molecular weight excluding hydrogens is 117 g/mol. The van der Waals surface area contributed by atoms with Gasteiger partial charge in [-0.2, -0.15) is 4.39 Å². The average Bonchev–Trinajstić information content (AvgIpc) is 1.63. The van der Waals surface area contributed by atoms with E-state index in [-0.39, 0.29) is 5.97 Å². The van der Waals surface area contributed by atoms with Crippen molar-refractivity contribution in [1.82, 2.24) is 0 Å². The van der Waals surface area contributed by atoms with Crippen molar-refractivity contribution in [2.24, 2.45) is 4.99 Å². The number of nitrogens with zero attached hydrogens (tertiary/aromatic N) is 1. The predicted molar refractivity (Wildman–Crippen MR) is 38.5 cm³/mol. The van der Waals surface area contributed by atoms with Crippen LogP contribution in [0.1, 0.15) is 20.8 Å². The van der Waals surface area contributed by atoms with Crippen LogP contribution in [-0.2, 0) is 0 Å². The highest BCUT2D eigenvalue weighted by atomic mass is 19.1. The summed E-state index contributed by atoms with van der Waals surface area (Å²) in [6.07, 6.45) is 1.42. The van der Waals surface area contributed by atoms with Crippen molar-refractivity contribution in [2.75, 3.05) is 6.54 Å². The summed E-state index contributed by atoms with van der Waals surface area (Å²) in [6.45, 7) is 5.99. The van der Waals surface area contributed by atoms with Crippen molar-refractivity contribution in [3.63, 3.8) is 0 Å². The molecule has 2 heteroatoms. The smallest absolute Gasteiger partial charge is 0.208 e. The summed E-state index contributed by atoms with van der Waals surface area (Å²) < 4.78 is 12.3. The lowest BCUT2D eigenvalue weighted by Gasteiger charge is -1.86. The van der Waals surface area contributed by atoms with Crippen LogP contribution in [0.5, 0.6) is 0 Å². The molecule has 0 amide bonds. The Labute approximate surface area is 55.3 Å². The molecule has 0 aromatic heterocycles. The number of halogens is 1. The van der Waals surface area contributed by atoms with Gasteiger partial charge in [0.15, 0.2) is 0 Å². The average molecular weight is 129 g/mol. The molecule has 0 fully saturated rings. The first kappa shape index (κ1) is 8.34. The first-order valence-electron chi connectivity index (χ1n) is 3.01. The highest BCUT2D eigenvalue weighted by Crippen LogP contribution is 1.91. The Morgan fingerprint density at radius 3 is 2.44 bits per heavy atom. The lowest BCUT2D eigenvalue weighted by atomic mass is 10.3. The van der Waals surface area contributed by atoms with Crippen LogP contribution < -0.4 is 0 Å². The molecule has 0 bridgehead atoms. The van der Waals surface area contributed by atoms with E-state index in [0.29, 0.717) is 6.54 Å². The lowest BCUT2D eigenvalue weighted by molar-refractivity contribution is 0.799. The lowest BCUT2D eigenvalue weighted by Crippen LogP contribution is -1.84. The fraction of sp³-hybridized carbons (Fsp3) is 0.571. The Kier molecular flexibility index (Phi) is 3.93. The molecule has 0 N–H and O–H groups in total. The number of aliphatic imine (C=N–C) groups is 1. The highest BCUT2D eigenvalue weighted by molar-refractivity contribution is 5.87. The maximum absolute atomic E-state index is 12.3. The summed E-state index contributed by atoms with van der Waals surface area (Å²) in [5, 5.41) is 0. The minimum absolute atomic E-state index is 0.377. The van der Waals surface area contributed by atoms with E-state index in [2.05, 4.69) is 4.99 Å². The molecule has 0 aromatic rings. The molecule has 0 rings (SSSR count). The molecule has 0 saturated heterocycles. The Morgan fingerprint density at radius 1 is 1.56 bits per heavy atom. The summed E-state index contributed by atoms with van der Waals surface area (Å²) in [7, 11) is 0. The van der Waals surface area contributed by atoms with E-state index < -0.39 is 0 Å². The molecule has 0 atom stereocenters. The summed E-state index contributed by atoms with van der Waals surface area (Å²) >= 11 is 0. The third kappa shape index (κ3) is 5.21. The summed E-state index contributed by atoms with van der Waals surface area (Å²) in [4.78, 5) is 3.54. The van der Waals surface area contributed by atoms with Crippen LogP contribution in [0.15, 0.2) is 16.6 Å². The van der Waals surface area contributed by atoms with E-state index in [0.717, 1.165) is 5.57 Å². The molecule has 0 aliphatic carbocycles. The van der Waals surface area contributed by atoms with E-state index in [1.54, 1.807) is 6.92 Å². The Morgan fingerprint density at radius 2 is 2.11 bits per heavy atom. The fourth-order valence-corrected chi connectivity index (χ4v) is 0.435. The Balaban J connectivity index is 3.90. The molecule has 9 heavy (non-hydrogen) atoms. The van der Waals surface area contributed by atoms with Crippen LogP contribution in [-0.4, -0.2) is 12.5 Å². The molecule has 0 heterocycles. The minimum atomic E-state index is -0.377. The largest absolute Gasteiger partial charge is 0.258 e. The normalized spacial score (nSPS) is 11.3. The molecule has 1 nitrogen and oxygen atoms in total. The molecule has 0 saturated carbocycles. The van der Waals surface area contributed by atoms with Gasteiger partial charge in [-0.1, -0.05) is 5.57 Å². The zero-order chi connectivity index (χ0) is 7.28. The van der Waals surface area contributed by atoms with Gasteiger partial charge in [0.1, 0.15) is 0 Å². The third-order valence-electron chi connectivity index (χ3n) is 0.717. The van der Waals surface area contributed by atoms with Crippen molar-refractivity contribution in [1.29, 1.82) is 0 Å². The van der Waals surface area contributed by atoms with Gasteiger partial charge in [-0.05, 0) is 26.8 Å². The molecule has 0 aromatic carbocycles. The van der Waals surface area contributed by atoms with Gasteiger partial charge in [0, 0.05) is 6.54 Å². The van der Waals surface area contributed by atoms with Crippen molar-refractivity contribution < 1.29 is 4.39 Å². The summed E-state index contributed by atoms with van der Waals surface area (Å²) in [6, 6.07) is 0. The maximum atomic E-state index is 12.3. The van der Waals surface area contributed by atoms with Gasteiger partial charge in [0.05, 0.1) is 0 Å². The van der Waals surface area contributed by atoms with Crippen LogP contribution in [0, 0.1) is 0 Å². The van der Waals surface area contributed by atoms with E-state index in [1.165, 1.54) is 6.08 Å². The zero-order valence-corrected chi connectivity index (χ0v) is 6.11. The monoisotopic (exact) mass is 129 g/mol. The number of allylic oxidation sites excluding steroid dienone is 2. The topological polar surface area (TPSA) is 12.4 Å². The van der Waals surface area contributed by atoms with Crippen LogP contribution in [0.3, 0.4) is 0 Å². The molecule has 52 valence electrons. The van der Waals surface area contributed by atoms with Crippen LogP contribution in [0.4, 0.5) is 4.39 Å². The van der Waals surface area contributed by atoms with Gasteiger partial charge >= 0.3 is 0 Å². The first-order chi connectivity index (χ1) is 4.16. The van der Waals surface area contributed by atoms with Crippen molar-refractivity contribution in [2.45, 2.75) is 20.8 Å². The van der Waals surface area contributed by atoms with Crippen LogP contribution in [0.2, 0.25) is 0 Å². The zero-order valence-electron chi connectivity index (χ0n) is 6.11. The van der Waals surface area contributed by atoms with Gasteiger partial charge in [-0.25, -0.2) is 0 Å². The van der Waals surface area contributed by atoms with Crippen LogP contribution in [0.25, 0.3) is 0 Å². The Hall–Kier alpha value is -0.660. The first-order valence-corrected chi connectivity index (χ1v) is 3.01. The van der Waals surface area contributed by atoms with Gasteiger partial charge in [0.25, 0.3) is 0 Å². The second-order valence-electron chi connectivity index (χ2n) is 2.02. The van der Waals surface area contributed by atoms with Gasteiger partial charge in [-0.15, -0.1) is 0 Å². The van der Waals surface area contributed by atoms with E-state index >= 15 is 0 Å². The highest BCUT2D eigenvalue weighted by Gasteiger charge is 1.86. The van der Waals surface area contributed by atoms with Crippen molar-refractivity contribution in [3.8, 4) is 0 Å². The third-order valence-corrected chi connectivity index (χ3v) is 0.717. The second kappa shape index (κ2) is 4.24. The molecule has 0 aliphatic heterocycles. The van der Waals surface area contributed by atoms with E-state index in [1.807, 2.05) is 13.8 Å². The minimum Gasteiger partial charge on any atom is -0.258 e. The molecular formula is C7H12FN. The van der Waals surface area contributed by atoms with Crippen molar-refractivity contribution in [3.05, 3.63) is 11.6 Å². The van der Waals surface area contributed by atoms with Gasteiger partial charge < -0.3 is 0 Å². The predicted octanol–water partition coefficient (Wildman–Crippen LogP) is 2.34. The quantitative estimate of drug-likeness (QED) is 0.507. The van der Waals surface area contributed by atoms with E-state index in [4.69, 9.17) is 0 Å². The van der Waals surface area contributed by atoms with Gasteiger partial charge in [0.2, 0.25) is 5.97 Å². The van der Waals surface area contributed by atoms with E-state index in [9.17, 15) is 4.39 Å². The molecule has 0 radical (unpaired) electrons. The number of rotatable bonds is 2.